The van der Waals surface area contributed by atoms with Gasteiger partial charge in [-0.1, -0.05) is 36.8 Å². The Kier molecular flexibility index (Phi) is 3.10. The molecule has 0 saturated heterocycles. The van der Waals surface area contributed by atoms with Gasteiger partial charge in [-0.3, -0.25) is 5.21 Å². The van der Waals surface area contributed by atoms with Crippen LogP contribution in [-0.4, -0.2) is 22.3 Å². The Hall–Kier alpha value is -1.55. The van der Waals surface area contributed by atoms with Gasteiger partial charge in [-0.25, -0.2) is 9.86 Å². The number of nitrogens with two attached hydrogens (primary N) is 1. The zero-order valence-corrected chi connectivity index (χ0v) is 9.04. The second kappa shape index (κ2) is 4.53. The Morgan fingerprint density at radius 1 is 1.31 bits per heavy atom. The lowest BCUT2D eigenvalue weighted by atomic mass is 9.94. The minimum atomic E-state index is -0.771. The van der Waals surface area contributed by atoms with E-state index in [0.29, 0.717) is 5.06 Å². The molecule has 0 bridgehead atoms. The highest BCUT2D eigenvalue weighted by molar-refractivity contribution is 5.71. The molecule has 2 atom stereocenters. The fourth-order valence-corrected chi connectivity index (χ4v) is 2.49. The lowest BCUT2D eigenvalue weighted by molar-refractivity contribution is -0.0773. The summed E-state index contributed by atoms with van der Waals surface area (Å²) in [6.07, 6.45) is 2.80. The van der Waals surface area contributed by atoms with Crippen molar-refractivity contribution >= 4 is 6.03 Å². The van der Waals surface area contributed by atoms with Gasteiger partial charge in [0.25, 0.3) is 0 Å². The highest BCUT2D eigenvalue weighted by Gasteiger charge is 2.34. The van der Waals surface area contributed by atoms with Crippen LogP contribution in [0.15, 0.2) is 30.3 Å². The molecule has 0 aromatic heterocycles. The summed E-state index contributed by atoms with van der Waals surface area (Å²) in [5.41, 5.74) is 6.25. The average Bonchev–Trinajstić information content (AvgIpc) is 2.77. The maximum atomic E-state index is 11.0. The molecule has 0 heterocycles. The van der Waals surface area contributed by atoms with Gasteiger partial charge in [-0.2, -0.15) is 0 Å². The Labute approximate surface area is 94.6 Å². The van der Waals surface area contributed by atoms with Crippen LogP contribution < -0.4 is 5.73 Å². The predicted molar refractivity (Wildman–Crippen MR) is 60.0 cm³/mol. The standard InChI is InChI=1S/C12H16N2O2/c13-12(15)14(16)11-8-4-7-10(11)9-5-2-1-3-6-9/h1-3,5-6,10-11,16H,4,7-8H2,(H2,13,15)/t10-,11+/m1/s1. The molecule has 2 amide bonds. The van der Waals surface area contributed by atoms with E-state index in [9.17, 15) is 10.0 Å². The van der Waals surface area contributed by atoms with Crippen molar-refractivity contribution in [3.05, 3.63) is 35.9 Å². The van der Waals surface area contributed by atoms with Gasteiger partial charge in [-0.15, -0.1) is 0 Å². The molecule has 16 heavy (non-hydrogen) atoms. The van der Waals surface area contributed by atoms with E-state index in [1.165, 1.54) is 0 Å². The summed E-state index contributed by atoms with van der Waals surface area (Å²) in [6.45, 7) is 0. The molecule has 0 spiro atoms. The number of hydrogen-bond donors (Lipinski definition) is 2. The lowest BCUT2D eigenvalue weighted by Crippen LogP contribution is -2.42. The number of carbonyl (C=O) groups excluding carboxylic acids is 1. The maximum absolute atomic E-state index is 11.0. The van der Waals surface area contributed by atoms with Crippen LogP contribution in [0.25, 0.3) is 0 Å². The van der Waals surface area contributed by atoms with Crippen LogP contribution in [0.5, 0.6) is 0 Å². The lowest BCUT2D eigenvalue weighted by Gasteiger charge is -2.26. The molecule has 4 nitrogen and oxygen atoms in total. The van der Waals surface area contributed by atoms with E-state index in [1.807, 2.05) is 30.3 Å². The molecule has 1 aromatic rings. The Morgan fingerprint density at radius 2 is 2.00 bits per heavy atom. The first-order valence-corrected chi connectivity index (χ1v) is 5.52. The third-order valence-electron chi connectivity index (χ3n) is 3.25. The third kappa shape index (κ3) is 2.02. The summed E-state index contributed by atoms with van der Waals surface area (Å²) in [7, 11) is 0. The van der Waals surface area contributed by atoms with Crippen molar-refractivity contribution in [2.24, 2.45) is 5.73 Å². The molecule has 0 aliphatic heterocycles. The van der Waals surface area contributed by atoms with Crippen LogP contribution in [0.1, 0.15) is 30.7 Å². The monoisotopic (exact) mass is 220 g/mol. The van der Waals surface area contributed by atoms with E-state index in [2.05, 4.69) is 0 Å². The van der Waals surface area contributed by atoms with Crippen LogP contribution in [0.4, 0.5) is 4.79 Å². The molecular weight excluding hydrogens is 204 g/mol. The molecule has 0 unspecified atom stereocenters. The fraction of sp³-hybridized carbons (Fsp3) is 0.417. The van der Waals surface area contributed by atoms with Crippen LogP contribution in [-0.2, 0) is 0 Å². The van der Waals surface area contributed by atoms with E-state index in [4.69, 9.17) is 5.73 Å². The van der Waals surface area contributed by atoms with Crippen LogP contribution >= 0.6 is 0 Å². The zero-order chi connectivity index (χ0) is 11.5. The summed E-state index contributed by atoms with van der Waals surface area (Å²) in [5.74, 6) is 0.193. The van der Waals surface area contributed by atoms with E-state index >= 15 is 0 Å². The zero-order valence-electron chi connectivity index (χ0n) is 9.04. The minimum absolute atomic E-state index is 0.181. The number of nitrogens with zero attached hydrogens (tertiary/aromatic N) is 1. The first-order chi connectivity index (χ1) is 7.70. The predicted octanol–water partition coefficient (Wildman–Crippen LogP) is 2.09. The van der Waals surface area contributed by atoms with Gasteiger partial charge < -0.3 is 5.73 Å². The summed E-state index contributed by atoms with van der Waals surface area (Å²) >= 11 is 0. The summed E-state index contributed by atoms with van der Waals surface area (Å²) in [5, 5.41) is 10.3. The van der Waals surface area contributed by atoms with Crippen molar-refractivity contribution in [2.45, 2.75) is 31.2 Å². The molecule has 0 radical (unpaired) electrons. The number of carbonyl (C=O) groups is 1. The van der Waals surface area contributed by atoms with Gasteiger partial charge in [0.15, 0.2) is 0 Å². The van der Waals surface area contributed by atoms with E-state index in [0.717, 1.165) is 24.8 Å². The SMILES string of the molecule is NC(=O)N(O)[C@H]1CCC[C@@H]1c1ccccc1. The quantitative estimate of drug-likeness (QED) is 0.592. The molecule has 1 fully saturated rings. The summed E-state index contributed by atoms with van der Waals surface area (Å²) < 4.78 is 0. The van der Waals surface area contributed by atoms with Gasteiger partial charge in [0.2, 0.25) is 0 Å². The van der Waals surface area contributed by atoms with E-state index < -0.39 is 6.03 Å². The van der Waals surface area contributed by atoms with Crippen molar-refractivity contribution < 1.29 is 10.0 Å². The number of urea groups is 1. The van der Waals surface area contributed by atoms with Gasteiger partial charge in [0, 0.05) is 5.92 Å². The topological polar surface area (TPSA) is 66.6 Å². The molecule has 1 saturated carbocycles. The van der Waals surface area contributed by atoms with E-state index in [-0.39, 0.29) is 12.0 Å². The van der Waals surface area contributed by atoms with Crippen molar-refractivity contribution in [1.29, 1.82) is 0 Å². The molecule has 4 heteroatoms. The Bertz CT molecular complexity index is 367. The number of hydroxylamine groups is 2. The summed E-state index contributed by atoms with van der Waals surface area (Å²) in [4.78, 5) is 11.0. The number of rotatable bonds is 2. The van der Waals surface area contributed by atoms with Gasteiger partial charge in [0.05, 0.1) is 6.04 Å². The molecular formula is C12H16N2O2. The fourth-order valence-electron chi connectivity index (χ4n) is 2.49. The highest BCUT2D eigenvalue weighted by atomic mass is 16.5. The van der Waals surface area contributed by atoms with Crippen LogP contribution in [0.2, 0.25) is 0 Å². The molecule has 1 aliphatic carbocycles. The largest absolute Gasteiger partial charge is 0.350 e. The smallest absolute Gasteiger partial charge is 0.338 e. The minimum Gasteiger partial charge on any atom is -0.350 e. The first-order valence-electron chi connectivity index (χ1n) is 5.52. The van der Waals surface area contributed by atoms with Crippen molar-refractivity contribution in [1.82, 2.24) is 5.06 Å². The summed E-state index contributed by atoms with van der Waals surface area (Å²) in [6, 6.07) is 8.99. The second-order valence-corrected chi connectivity index (χ2v) is 4.20. The second-order valence-electron chi connectivity index (χ2n) is 4.20. The molecule has 1 aliphatic rings. The normalized spacial score (nSPS) is 24.3. The average molecular weight is 220 g/mol. The molecule has 1 aromatic carbocycles. The van der Waals surface area contributed by atoms with E-state index in [1.54, 1.807) is 0 Å². The highest BCUT2D eigenvalue weighted by Crippen LogP contribution is 2.36. The van der Waals surface area contributed by atoms with Gasteiger partial charge in [0.1, 0.15) is 0 Å². The number of amides is 2. The van der Waals surface area contributed by atoms with Gasteiger partial charge in [-0.05, 0) is 18.4 Å². The van der Waals surface area contributed by atoms with Crippen molar-refractivity contribution in [3.8, 4) is 0 Å². The maximum Gasteiger partial charge on any atom is 0.338 e. The first kappa shape index (κ1) is 11.0. The number of primary amides is 1. The molecule has 3 N–H and O–H groups in total. The van der Waals surface area contributed by atoms with Crippen molar-refractivity contribution in [2.75, 3.05) is 0 Å². The van der Waals surface area contributed by atoms with Crippen LogP contribution in [0.3, 0.4) is 0 Å². The van der Waals surface area contributed by atoms with Crippen molar-refractivity contribution in [3.63, 3.8) is 0 Å². The number of benzene rings is 1. The Balaban J connectivity index is 2.18. The van der Waals surface area contributed by atoms with Gasteiger partial charge >= 0.3 is 6.03 Å². The Morgan fingerprint density at radius 3 is 2.62 bits per heavy atom. The molecule has 86 valence electrons. The number of hydrogen-bond acceptors (Lipinski definition) is 2. The third-order valence-corrected chi connectivity index (χ3v) is 3.25. The molecule has 2 rings (SSSR count). The van der Waals surface area contributed by atoms with Crippen LogP contribution in [0, 0.1) is 0 Å².